The van der Waals surface area contributed by atoms with Crippen LogP contribution in [0.2, 0.25) is 5.02 Å². The maximum Gasteiger partial charge on any atom is 0.274 e. The third kappa shape index (κ3) is 4.03. The van der Waals surface area contributed by atoms with Gasteiger partial charge in [0, 0.05) is 22.7 Å². The molecule has 0 saturated heterocycles. The Morgan fingerprint density at radius 3 is 2.57 bits per heavy atom. The molecule has 21 heavy (non-hydrogen) atoms. The van der Waals surface area contributed by atoms with Gasteiger partial charge in [0.1, 0.15) is 0 Å². The Bertz CT molecular complexity index is 617. The molecule has 2 aromatic carbocycles. The van der Waals surface area contributed by atoms with Gasteiger partial charge in [0.15, 0.2) is 0 Å². The van der Waals surface area contributed by atoms with Crippen LogP contribution in [0, 0.1) is 10.1 Å². The van der Waals surface area contributed by atoms with Crippen molar-refractivity contribution in [3.8, 4) is 0 Å². The van der Waals surface area contributed by atoms with Gasteiger partial charge in [-0.25, -0.2) is 0 Å². The maximum atomic E-state index is 11.2. The number of rotatable bonds is 6. The van der Waals surface area contributed by atoms with Crippen LogP contribution in [0.3, 0.4) is 0 Å². The molecule has 0 fully saturated rings. The third-order valence-electron chi connectivity index (χ3n) is 3.32. The number of benzene rings is 2. The predicted octanol–water partition coefficient (Wildman–Crippen LogP) is 4.14. The van der Waals surface area contributed by atoms with Gasteiger partial charge in [0.05, 0.1) is 4.92 Å². The van der Waals surface area contributed by atoms with Crippen LogP contribution in [0.4, 0.5) is 5.69 Å². The number of likely N-dealkylation sites (N-methyl/N-ethyl adjacent to an activating group) is 1. The van der Waals surface area contributed by atoms with Gasteiger partial charge < -0.3 is 5.32 Å². The van der Waals surface area contributed by atoms with E-state index >= 15 is 0 Å². The molecule has 5 heteroatoms. The molecule has 4 nitrogen and oxygen atoms in total. The Morgan fingerprint density at radius 2 is 1.95 bits per heavy atom. The molecule has 2 aromatic rings. The van der Waals surface area contributed by atoms with Crippen LogP contribution >= 0.6 is 11.6 Å². The molecule has 2 rings (SSSR count). The van der Waals surface area contributed by atoms with E-state index in [0.717, 1.165) is 12.1 Å². The summed E-state index contributed by atoms with van der Waals surface area (Å²) in [5.41, 5.74) is 1.86. The van der Waals surface area contributed by atoms with E-state index in [4.69, 9.17) is 11.6 Å². The van der Waals surface area contributed by atoms with Crippen LogP contribution < -0.4 is 5.32 Å². The first-order chi connectivity index (χ1) is 10.1. The van der Waals surface area contributed by atoms with Crippen molar-refractivity contribution < 1.29 is 4.92 Å². The van der Waals surface area contributed by atoms with Crippen LogP contribution in [-0.2, 0) is 6.42 Å². The van der Waals surface area contributed by atoms with Crippen molar-refractivity contribution in [1.29, 1.82) is 0 Å². The van der Waals surface area contributed by atoms with Crippen LogP contribution in [-0.4, -0.2) is 11.5 Å². The number of halogens is 1. The molecular weight excluding hydrogens is 288 g/mol. The molecule has 0 spiro atoms. The minimum Gasteiger partial charge on any atom is -0.310 e. The number of nitro groups is 1. The van der Waals surface area contributed by atoms with Crippen molar-refractivity contribution in [2.45, 2.75) is 19.4 Å². The lowest BCUT2D eigenvalue weighted by atomic mass is 9.98. The van der Waals surface area contributed by atoms with Crippen molar-refractivity contribution in [1.82, 2.24) is 5.32 Å². The summed E-state index contributed by atoms with van der Waals surface area (Å²) in [5, 5.41) is 14.9. The largest absolute Gasteiger partial charge is 0.310 e. The van der Waals surface area contributed by atoms with E-state index < -0.39 is 0 Å². The van der Waals surface area contributed by atoms with Gasteiger partial charge in [-0.1, -0.05) is 54.9 Å². The zero-order valence-electron chi connectivity index (χ0n) is 11.8. The lowest BCUT2D eigenvalue weighted by molar-refractivity contribution is -0.385. The first-order valence-corrected chi connectivity index (χ1v) is 7.20. The minimum atomic E-state index is -0.380. The van der Waals surface area contributed by atoms with E-state index in [9.17, 15) is 10.1 Å². The average Bonchev–Trinajstić information content (AvgIpc) is 2.49. The van der Waals surface area contributed by atoms with E-state index in [-0.39, 0.29) is 16.7 Å². The molecular formula is C16H17ClN2O2. The minimum absolute atomic E-state index is 0.0380. The highest BCUT2D eigenvalue weighted by molar-refractivity contribution is 6.30. The molecule has 0 aliphatic heterocycles. The number of nitro benzene ring substituents is 1. The number of hydrogen-bond acceptors (Lipinski definition) is 3. The first-order valence-electron chi connectivity index (χ1n) is 6.83. The fraction of sp³-hybridized carbons (Fsp3) is 0.250. The van der Waals surface area contributed by atoms with Gasteiger partial charge in [-0.15, -0.1) is 0 Å². The van der Waals surface area contributed by atoms with Crippen molar-refractivity contribution in [2.75, 3.05) is 6.54 Å². The second kappa shape index (κ2) is 7.20. The Kier molecular flexibility index (Phi) is 5.31. The SMILES string of the molecule is CCNC(Cc1ccc(Cl)cc1[N+](=O)[O-])c1ccccc1. The van der Waals surface area contributed by atoms with Gasteiger partial charge in [0.25, 0.3) is 5.69 Å². The zero-order chi connectivity index (χ0) is 15.2. The molecule has 1 N–H and O–H groups in total. The monoisotopic (exact) mass is 304 g/mol. The molecule has 110 valence electrons. The van der Waals surface area contributed by atoms with Crippen LogP contribution in [0.25, 0.3) is 0 Å². The molecule has 1 unspecified atom stereocenters. The lowest BCUT2D eigenvalue weighted by Crippen LogP contribution is -2.23. The molecule has 0 bridgehead atoms. The summed E-state index contributed by atoms with van der Waals surface area (Å²) < 4.78 is 0. The highest BCUT2D eigenvalue weighted by Gasteiger charge is 2.19. The zero-order valence-corrected chi connectivity index (χ0v) is 12.5. The topological polar surface area (TPSA) is 55.2 Å². The van der Waals surface area contributed by atoms with Crippen LogP contribution in [0.15, 0.2) is 48.5 Å². The summed E-state index contributed by atoms with van der Waals surface area (Å²) in [5.74, 6) is 0. The Morgan fingerprint density at radius 1 is 1.24 bits per heavy atom. The van der Waals surface area contributed by atoms with Crippen LogP contribution in [0.5, 0.6) is 0 Å². The van der Waals surface area contributed by atoms with E-state index in [0.29, 0.717) is 17.0 Å². The highest BCUT2D eigenvalue weighted by atomic mass is 35.5. The summed E-state index contributed by atoms with van der Waals surface area (Å²) in [6.07, 6.45) is 0.547. The van der Waals surface area contributed by atoms with Crippen LogP contribution in [0.1, 0.15) is 24.1 Å². The van der Waals surface area contributed by atoms with Gasteiger partial charge in [0.2, 0.25) is 0 Å². The highest BCUT2D eigenvalue weighted by Crippen LogP contribution is 2.27. The van der Waals surface area contributed by atoms with Gasteiger partial charge in [-0.2, -0.15) is 0 Å². The maximum absolute atomic E-state index is 11.2. The van der Waals surface area contributed by atoms with E-state index in [1.165, 1.54) is 6.07 Å². The Balaban J connectivity index is 2.31. The standard InChI is InChI=1S/C16H17ClN2O2/c1-2-18-15(12-6-4-3-5-7-12)10-13-8-9-14(17)11-16(13)19(20)21/h3-9,11,15,18H,2,10H2,1H3. The van der Waals surface area contributed by atoms with Crippen molar-refractivity contribution in [3.05, 3.63) is 74.8 Å². The summed E-state index contributed by atoms with van der Waals surface area (Å²) in [4.78, 5) is 10.8. The molecule has 0 aromatic heterocycles. The summed E-state index contributed by atoms with van der Waals surface area (Å²) in [6.45, 7) is 2.81. The molecule has 0 aliphatic rings. The normalized spacial score (nSPS) is 12.1. The average molecular weight is 305 g/mol. The summed E-state index contributed by atoms with van der Waals surface area (Å²) in [7, 11) is 0. The van der Waals surface area contributed by atoms with Gasteiger partial charge in [-0.3, -0.25) is 10.1 Å². The van der Waals surface area contributed by atoms with Gasteiger partial charge in [-0.05, 0) is 24.6 Å². The summed E-state index contributed by atoms with van der Waals surface area (Å²) >= 11 is 5.86. The second-order valence-electron chi connectivity index (χ2n) is 4.76. The van der Waals surface area contributed by atoms with E-state index in [2.05, 4.69) is 5.32 Å². The fourth-order valence-electron chi connectivity index (χ4n) is 2.34. The molecule has 0 saturated carbocycles. The Labute approximate surface area is 128 Å². The second-order valence-corrected chi connectivity index (χ2v) is 5.19. The number of nitrogens with one attached hydrogen (secondary N) is 1. The number of hydrogen-bond donors (Lipinski definition) is 1. The predicted molar refractivity (Wildman–Crippen MR) is 84.7 cm³/mol. The van der Waals surface area contributed by atoms with E-state index in [1.54, 1.807) is 12.1 Å². The molecule has 0 aliphatic carbocycles. The molecule has 0 radical (unpaired) electrons. The van der Waals surface area contributed by atoms with Crippen molar-refractivity contribution in [3.63, 3.8) is 0 Å². The van der Waals surface area contributed by atoms with Crippen molar-refractivity contribution in [2.24, 2.45) is 0 Å². The van der Waals surface area contributed by atoms with E-state index in [1.807, 2.05) is 37.3 Å². The lowest BCUT2D eigenvalue weighted by Gasteiger charge is -2.18. The smallest absolute Gasteiger partial charge is 0.274 e. The molecule has 0 heterocycles. The van der Waals surface area contributed by atoms with Gasteiger partial charge >= 0.3 is 0 Å². The molecule has 0 amide bonds. The fourth-order valence-corrected chi connectivity index (χ4v) is 2.51. The third-order valence-corrected chi connectivity index (χ3v) is 3.56. The molecule has 1 atom stereocenters. The summed E-state index contributed by atoms with van der Waals surface area (Å²) in [6, 6.07) is 14.8. The number of nitrogens with zero attached hydrogens (tertiary/aromatic N) is 1. The quantitative estimate of drug-likeness (QED) is 0.644. The first kappa shape index (κ1) is 15.5. The Hall–Kier alpha value is -1.91. The van der Waals surface area contributed by atoms with Crippen molar-refractivity contribution >= 4 is 17.3 Å².